The second-order valence-corrected chi connectivity index (χ2v) is 7.73. The van der Waals surface area contributed by atoms with Crippen LogP contribution in [0.5, 0.6) is 0 Å². The van der Waals surface area contributed by atoms with E-state index in [1.165, 1.54) is 0 Å². The fourth-order valence-electron chi connectivity index (χ4n) is 2.73. The van der Waals surface area contributed by atoms with Gasteiger partial charge in [-0.2, -0.15) is 0 Å². The quantitative estimate of drug-likeness (QED) is 0.895. The normalized spacial score (nSPS) is 27.4. The summed E-state index contributed by atoms with van der Waals surface area (Å²) in [7, 11) is -3.58. The number of aryl methyl sites for hydroxylation is 1. The highest BCUT2D eigenvalue weighted by molar-refractivity contribution is 7.89. The number of sulfonamides is 1. The Labute approximate surface area is 121 Å². The van der Waals surface area contributed by atoms with Crippen molar-refractivity contribution < 1.29 is 13.5 Å². The van der Waals surface area contributed by atoms with Crippen LogP contribution in [0.1, 0.15) is 38.2 Å². The summed E-state index contributed by atoms with van der Waals surface area (Å²) in [4.78, 5) is 0.268. The van der Waals surface area contributed by atoms with Crippen molar-refractivity contribution >= 4 is 10.0 Å². The molecule has 112 valence electrons. The van der Waals surface area contributed by atoms with Crippen LogP contribution in [-0.2, 0) is 10.0 Å². The van der Waals surface area contributed by atoms with Crippen molar-refractivity contribution in [2.45, 2.75) is 50.0 Å². The lowest BCUT2D eigenvalue weighted by molar-refractivity contribution is 0.125. The molecule has 5 heteroatoms. The first-order valence-corrected chi connectivity index (χ1v) is 8.57. The van der Waals surface area contributed by atoms with Crippen LogP contribution < -0.4 is 4.72 Å². The third kappa shape index (κ3) is 3.40. The fourth-order valence-corrected chi connectivity index (χ4v) is 4.29. The molecule has 0 amide bonds. The lowest BCUT2D eigenvalue weighted by atomic mass is 9.78. The van der Waals surface area contributed by atoms with Gasteiger partial charge in [0.2, 0.25) is 10.0 Å². The summed E-state index contributed by atoms with van der Waals surface area (Å²) in [5, 5.41) is 9.67. The highest BCUT2D eigenvalue weighted by Crippen LogP contribution is 2.32. The fraction of sp³-hybridized carbons (Fsp3) is 0.600. The highest BCUT2D eigenvalue weighted by Gasteiger charge is 2.37. The zero-order valence-corrected chi connectivity index (χ0v) is 12.9. The number of hydrogen-bond donors (Lipinski definition) is 2. The Bertz CT molecular complexity index is 560. The maximum atomic E-state index is 12.5. The van der Waals surface area contributed by atoms with Gasteiger partial charge in [-0.15, -0.1) is 0 Å². The van der Waals surface area contributed by atoms with E-state index in [4.69, 9.17) is 0 Å². The molecule has 1 aliphatic carbocycles. The number of aliphatic hydroxyl groups is 1. The maximum Gasteiger partial charge on any atom is 0.241 e. The summed E-state index contributed by atoms with van der Waals surface area (Å²) in [6.07, 6.45) is 3.26. The minimum Gasteiger partial charge on any atom is -0.394 e. The second-order valence-electron chi connectivity index (χ2n) is 6.04. The van der Waals surface area contributed by atoms with Crippen molar-refractivity contribution in [3.63, 3.8) is 0 Å². The summed E-state index contributed by atoms with van der Waals surface area (Å²) in [6.45, 7) is 3.88. The van der Waals surface area contributed by atoms with Gasteiger partial charge in [-0.3, -0.25) is 0 Å². The zero-order chi connectivity index (χ0) is 14.8. The molecule has 1 aliphatic rings. The zero-order valence-electron chi connectivity index (χ0n) is 12.1. The van der Waals surface area contributed by atoms with Crippen LogP contribution in [0.3, 0.4) is 0 Å². The Morgan fingerprint density at radius 2 is 2.00 bits per heavy atom. The van der Waals surface area contributed by atoms with Gasteiger partial charge < -0.3 is 5.11 Å². The Hall–Kier alpha value is -0.910. The molecule has 2 N–H and O–H groups in total. The van der Waals surface area contributed by atoms with Crippen LogP contribution in [0.25, 0.3) is 0 Å². The first kappa shape index (κ1) is 15.5. The van der Waals surface area contributed by atoms with Gasteiger partial charge >= 0.3 is 0 Å². The summed E-state index contributed by atoms with van der Waals surface area (Å²) in [5.41, 5.74) is 0.206. The number of aliphatic hydroxyl groups excluding tert-OH is 1. The molecule has 0 saturated heterocycles. The van der Waals surface area contributed by atoms with Crippen LogP contribution in [0, 0.1) is 12.8 Å². The van der Waals surface area contributed by atoms with E-state index in [9.17, 15) is 13.5 Å². The van der Waals surface area contributed by atoms with E-state index in [0.29, 0.717) is 18.8 Å². The van der Waals surface area contributed by atoms with E-state index < -0.39 is 15.6 Å². The molecule has 0 radical (unpaired) electrons. The molecule has 0 aliphatic heterocycles. The van der Waals surface area contributed by atoms with Crippen molar-refractivity contribution in [2.75, 3.05) is 6.61 Å². The van der Waals surface area contributed by atoms with Crippen LogP contribution in [0.15, 0.2) is 29.2 Å². The summed E-state index contributed by atoms with van der Waals surface area (Å²) < 4.78 is 27.7. The number of benzene rings is 1. The number of rotatable bonds is 4. The van der Waals surface area contributed by atoms with Crippen LogP contribution in [0.2, 0.25) is 0 Å². The number of nitrogens with one attached hydrogen (secondary N) is 1. The standard InChI is InChI=1S/C15H23NO3S/c1-12-6-8-15(11-17,9-7-12)16-20(18,19)14-5-3-4-13(2)10-14/h3-5,10,12,16-17H,6-9,11H2,1-2H3. The molecule has 0 spiro atoms. The Balaban J connectivity index is 2.22. The molecule has 2 rings (SSSR count). The molecule has 1 aromatic carbocycles. The third-order valence-corrected chi connectivity index (χ3v) is 5.76. The molecule has 1 fully saturated rings. The van der Waals surface area contributed by atoms with E-state index in [0.717, 1.165) is 18.4 Å². The van der Waals surface area contributed by atoms with Crippen LogP contribution >= 0.6 is 0 Å². The lowest BCUT2D eigenvalue weighted by Crippen LogP contribution is -2.53. The molecule has 0 atom stereocenters. The van der Waals surface area contributed by atoms with Crippen LogP contribution in [0.4, 0.5) is 0 Å². The van der Waals surface area contributed by atoms with E-state index in [1.54, 1.807) is 18.2 Å². The van der Waals surface area contributed by atoms with Crippen molar-refractivity contribution in [2.24, 2.45) is 5.92 Å². The first-order valence-electron chi connectivity index (χ1n) is 7.08. The maximum absolute atomic E-state index is 12.5. The molecule has 0 heterocycles. The van der Waals surface area contributed by atoms with Gasteiger partial charge in [0.15, 0.2) is 0 Å². The van der Waals surface area contributed by atoms with E-state index in [2.05, 4.69) is 11.6 Å². The summed E-state index contributed by atoms with van der Waals surface area (Å²) >= 11 is 0. The second kappa shape index (κ2) is 5.84. The van der Waals surface area contributed by atoms with Crippen molar-refractivity contribution in [1.82, 2.24) is 4.72 Å². The minimum absolute atomic E-state index is 0.148. The van der Waals surface area contributed by atoms with Gasteiger partial charge in [0.1, 0.15) is 0 Å². The molecule has 0 aromatic heterocycles. The van der Waals surface area contributed by atoms with E-state index in [1.807, 2.05) is 13.0 Å². The van der Waals surface area contributed by atoms with Crippen LogP contribution in [-0.4, -0.2) is 25.7 Å². The molecule has 0 bridgehead atoms. The Morgan fingerprint density at radius 1 is 1.35 bits per heavy atom. The monoisotopic (exact) mass is 297 g/mol. The molecular weight excluding hydrogens is 274 g/mol. The summed E-state index contributed by atoms with van der Waals surface area (Å²) in [6, 6.07) is 6.84. The van der Waals surface area contributed by atoms with Gasteiger partial charge in [0, 0.05) is 0 Å². The predicted molar refractivity (Wildman–Crippen MR) is 78.9 cm³/mol. The Morgan fingerprint density at radius 3 is 2.55 bits per heavy atom. The molecule has 1 aromatic rings. The SMILES string of the molecule is Cc1cccc(S(=O)(=O)NC2(CO)CCC(C)CC2)c1. The molecule has 0 unspecified atom stereocenters. The van der Waals surface area contributed by atoms with Gasteiger partial charge in [-0.05, 0) is 56.2 Å². The Kier molecular flexibility index (Phi) is 4.52. The third-order valence-electron chi connectivity index (χ3n) is 4.18. The first-order chi connectivity index (χ1) is 9.37. The highest BCUT2D eigenvalue weighted by atomic mass is 32.2. The average molecular weight is 297 g/mol. The molecular formula is C15H23NO3S. The van der Waals surface area contributed by atoms with Crippen molar-refractivity contribution in [3.8, 4) is 0 Å². The molecule has 20 heavy (non-hydrogen) atoms. The predicted octanol–water partition coefficient (Wildman–Crippen LogP) is 2.21. The van der Waals surface area contributed by atoms with Gasteiger partial charge in [0.05, 0.1) is 17.0 Å². The number of hydrogen-bond acceptors (Lipinski definition) is 3. The minimum atomic E-state index is -3.58. The molecule has 1 saturated carbocycles. The molecule has 4 nitrogen and oxygen atoms in total. The summed E-state index contributed by atoms with van der Waals surface area (Å²) in [5.74, 6) is 0.596. The van der Waals surface area contributed by atoms with Gasteiger partial charge in [-0.25, -0.2) is 13.1 Å². The average Bonchev–Trinajstić information content (AvgIpc) is 2.41. The van der Waals surface area contributed by atoms with E-state index in [-0.39, 0.29) is 11.5 Å². The van der Waals surface area contributed by atoms with Gasteiger partial charge in [-0.1, -0.05) is 19.1 Å². The van der Waals surface area contributed by atoms with Gasteiger partial charge in [0.25, 0.3) is 0 Å². The topological polar surface area (TPSA) is 66.4 Å². The smallest absolute Gasteiger partial charge is 0.241 e. The van der Waals surface area contributed by atoms with Crippen molar-refractivity contribution in [1.29, 1.82) is 0 Å². The lowest BCUT2D eigenvalue weighted by Gasteiger charge is -2.38. The van der Waals surface area contributed by atoms with E-state index >= 15 is 0 Å². The largest absolute Gasteiger partial charge is 0.394 e. The van der Waals surface area contributed by atoms with Crippen molar-refractivity contribution in [3.05, 3.63) is 29.8 Å².